The second kappa shape index (κ2) is 19.4. The Morgan fingerprint density at radius 1 is 0.345 bits per heavy atom. The highest BCUT2D eigenvalue weighted by Crippen LogP contribution is 2.55. The standard InChI is InChI=1S/C57H73B24NO2/c58-23-15(21(30(65)36(71)32(23)67)56-7-1-13(2-8-56)3-9-56)17-25(60)40(75)47-53(29(17)64)84-55-45(80)51(82-49-18(26(61)34(69)38(73)42(49)77)19-27(62)35(70)39(74)43(78)50(19)82)44(79)54-48(55)81(47)46-41(76)28(63)20(52(46)83-54)16-22(31(66)37(72)33(68)24(16)59)57-10-4-14(5-11-57)6-12-57/h13-14,52H,1-12,58-80H2. The van der Waals surface area contributed by atoms with E-state index < -0.39 is 0 Å². The van der Waals surface area contributed by atoms with Crippen LogP contribution in [0.25, 0.3) is 44.2 Å². The van der Waals surface area contributed by atoms with Crippen molar-refractivity contribution in [1.29, 1.82) is 0 Å². The van der Waals surface area contributed by atoms with Gasteiger partial charge in [-0.05, 0) is 166 Å². The lowest BCUT2D eigenvalue weighted by molar-refractivity contribution is 0.136. The van der Waals surface area contributed by atoms with Gasteiger partial charge in [0.25, 0.3) is 6.71 Å². The average molecular weight is 1060 g/mol. The molecule has 4 bridgehead atoms. The molecule has 6 fully saturated rings. The van der Waals surface area contributed by atoms with E-state index in [9.17, 15) is 0 Å². The van der Waals surface area contributed by atoms with Crippen LogP contribution < -0.4 is 135 Å². The van der Waals surface area contributed by atoms with Crippen LogP contribution >= 0.6 is 0 Å². The third kappa shape index (κ3) is 7.23. The Balaban J connectivity index is 1.11. The van der Waals surface area contributed by atoms with Gasteiger partial charge in [-0.25, -0.2) is 0 Å². The lowest BCUT2D eigenvalue weighted by atomic mass is 9.30. The monoisotopic (exact) mass is 1070 g/mol. The summed E-state index contributed by atoms with van der Waals surface area (Å²) in [6.45, 7) is -0.0577. The number of allylic oxidation sites excluding steroid dienone is 2. The normalized spacial score (nSPS) is 22.9. The smallest absolute Gasteiger partial charge is 0.254 e. The van der Waals surface area contributed by atoms with Gasteiger partial charge in [0, 0.05) is 22.2 Å². The molecule has 3 heterocycles. The predicted octanol–water partition coefficient (Wildman–Crippen LogP) is -25.7. The molecule has 6 aromatic carbocycles. The van der Waals surface area contributed by atoms with Crippen LogP contribution in [-0.4, -0.2) is 198 Å². The van der Waals surface area contributed by atoms with E-state index in [-0.39, 0.29) is 23.6 Å². The molecule has 16 rings (SSSR count). The number of fused-ring (bicyclic) bond motifs is 13. The molecule has 390 valence electrons. The molecule has 3 nitrogen and oxygen atoms in total. The minimum atomic E-state index is -0.261. The van der Waals surface area contributed by atoms with Crippen molar-refractivity contribution in [3.8, 4) is 34.1 Å². The van der Waals surface area contributed by atoms with Crippen LogP contribution in [0.15, 0.2) is 16.4 Å². The second-order valence-corrected chi connectivity index (χ2v) is 29.6. The van der Waals surface area contributed by atoms with E-state index in [2.05, 4.69) is 185 Å². The van der Waals surface area contributed by atoms with Gasteiger partial charge >= 0.3 is 0 Å². The minimum absolute atomic E-state index is 0.0577. The van der Waals surface area contributed by atoms with E-state index in [1.165, 1.54) is 269 Å². The van der Waals surface area contributed by atoms with Crippen LogP contribution in [-0.2, 0) is 10.8 Å². The maximum absolute atomic E-state index is 8.30. The summed E-state index contributed by atoms with van der Waals surface area (Å²) in [7, 11) is 55.6. The second-order valence-electron chi connectivity index (χ2n) is 29.6. The Hall–Kier alpha value is -4.24. The largest absolute Gasteiger partial charge is 0.483 e. The number of rotatable bonds is 5. The number of ether oxygens (including phenoxy) is 2. The Morgan fingerprint density at radius 3 is 1.20 bits per heavy atom. The van der Waals surface area contributed by atoms with E-state index in [0.29, 0.717) is 0 Å². The van der Waals surface area contributed by atoms with Gasteiger partial charge in [-0.15, -0.1) is 32.8 Å². The van der Waals surface area contributed by atoms with Crippen LogP contribution in [0.2, 0.25) is 0 Å². The molecule has 1 unspecified atom stereocenters. The predicted molar refractivity (Wildman–Crippen MR) is 437 cm³/mol. The molecule has 7 aromatic rings. The maximum Gasteiger partial charge on any atom is 0.254 e. The molecule has 1 aromatic heterocycles. The zero-order valence-corrected chi connectivity index (χ0v) is 56.1. The Labute approximate surface area is 523 Å². The number of hydrogen-bond donors (Lipinski definition) is 0. The van der Waals surface area contributed by atoms with Crippen LogP contribution in [0.5, 0.6) is 17.2 Å². The number of benzene rings is 6. The molecule has 6 saturated carbocycles. The summed E-state index contributed by atoms with van der Waals surface area (Å²) in [5, 5.41) is 2.78. The van der Waals surface area contributed by atoms with E-state index >= 15 is 0 Å². The van der Waals surface area contributed by atoms with Crippen molar-refractivity contribution >= 4 is 340 Å². The molecular formula is C57H73B24NO2. The molecule has 0 amide bonds. The fourth-order valence-corrected chi connectivity index (χ4v) is 20.3. The summed E-state index contributed by atoms with van der Waals surface area (Å²) in [5.41, 5.74) is 49.5. The highest BCUT2D eigenvalue weighted by atomic mass is 16.5. The maximum atomic E-state index is 8.30. The summed E-state index contributed by atoms with van der Waals surface area (Å²) in [6, 6.07) is 0. The molecular weight excluding hydrogens is 990 g/mol. The molecule has 7 aliphatic carbocycles. The first-order chi connectivity index (χ1) is 39.7. The SMILES string of the molecule is BC1=C2B3c4c(B)c(B)c(-c5c(B)c(B)c(B)c(B)c5C56CCC(CC5)CC6)c(B)c4Oc4c(B)c(-n5c6c(B)c(B)c(B)c(B)c6c6c(B)c(B)c(B)c(B)c65)c(B)c(c43)OC2C(c2c(B)c(B)c(B)c(B)c2C23CCC(CC2)CC3)=C1B. The third-order valence-corrected chi connectivity index (χ3v) is 26.8. The Kier molecular flexibility index (Phi) is 13.3. The zero-order chi connectivity index (χ0) is 59.9. The zero-order valence-electron chi connectivity index (χ0n) is 56.1. The lowest BCUT2D eigenvalue weighted by Crippen LogP contribution is -2.65. The Bertz CT molecular complexity index is 4250. The summed E-state index contributed by atoms with van der Waals surface area (Å²) in [5.74, 6) is 4.86. The first-order valence-electron chi connectivity index (χ1n) is 33.0. The fourth-order valence-electron chi connectivity index (χ4n) is 20.3. The first-order valence-corrected chi connectivity index (χ1v) is 33.0. The molecule has 2 aliphatic heterocycles. The van der Waals surface area contributed by atoms with Gasteiger partial charge in [0.1, 0.15) is 204 Å². The van der Waals surface area contributed by atoms with E-state index in [1.807, 2.05) is 0 Å². The van der Waals surface area contributed by atoms with Gasteiger partial charge in [-0.1, -0.05) is 82.0 Å². The van der Waals surface area contributed by atoms with Gasteiger partial charge in [-0.2, -0.15) is 0 Å². The quantitative estimate of drug-likeness (QED) is 0.160. The fraction of sp³-hybridized carbons (Fsp3) is 0.298. The van der Waals surface area contributed by atoms with Crippen LogP contribution in [0.1, 0.15) is 93.7 Å². The van der Waals surface area contributed by atoms with Crippen LogP contribution in [0, 0.1) is 11.8 Å². The van der Waals surface area contributed by atoms with Crippen molar-refractivity contribution < 1.29 is 9.47 Å². The highest BCUT2D eigenvalue weighted by molar-refractivity contribution is 6.98. The van der Waals surface area contributed by atoms with Gasteiger partial charge in [-0.3, -0.25) is 0 Å². The number of hydrogen-bond acceptors (Lipinski definition) is 2. The summed E-state index contributed by atoms with van der Waals surface area (Å²) in [4.78, 5) is 0. The van der Waals surface area contributed by atoms with E-state index in [0.717, 1.165) is 29.1 Å². The number of aromatic nitrogens is 1. The molecule has 0 spiro atoms. The van der Waals surface area contributed by atoms with Gasteiger partial charge in [0.15, 0.2) is 0 Å². The molecule has 0 N–H and O–H groups in total. The van der Waals surface area contributed by atoms with Crippen molar-refractivity contribution in [2.75, 3.05) is 0 Å². The van der Waals surface area contributed by atoms with E-state index in [1.54, 1.807) is 11.1 Å². The average Bonchev–Trinajstić information content (AvgIpc) is 1.36. The molecule has 84 heavy (non-hydrogen) atoms. The summed E-state index contributed by atoms with van der Waals surface area (Å²) < 4.78 is 19.2. The van der Waals surface area contributed by atoms with Crippen molar-refractivity contribution in [3.05, 3.63) is 33.1 Å². The van der Waals surface area contributed by atoms with Crippen molar-refractivity contribution in [3.63, 3.8) is 0 Å². The lowest BCUT2D eigenvalue weighted by Gasteiger charge is -2.50. The molecule has 1 atom stereocenters. The van der Waals surface area contributed by atoms with Crippen molar-refractivity contribution in [2.24, 2.45) is 11.8 Å². The van der Waals surface area contributed by atoms with Crippen molar-refractivity contribution in [1.82, 2.24) is 4.57 Å². The molecule has 27 heteroatoms. The summed E-state index contributed by atoms with van der Waals surface area (Å²) in [6.07, 6.45) is 15.7. The van der Waals surface area contributed by atoms with Gasteiger partial charge in [0.2, 0.25) is 0 Å². The molecule has 0 radical (unpaired) electrons. The third-order valence-electron chi connectivity index (χ3n) is 26.8. The first kappa shape index (κ1) is 57.5. The van der Waals surface area contributed by atoms with Crippen molar-refractivity contribution in [2.45, 2.75) is 94.0 Å². The minimum Gasteiger partial charge on any atom is -0.483 e. The van der Waals surface area contributed by atoms with Gasteiger partial charge < -0.3 is 14.0 Å². The molecule has 9 aliphatic rings. The summed E-state index contributed by atoms with van der Waals surface area (Å²) >= 11 is 0. The van der Waals surface area contributed by atoms with Crippen LogP contribution in [0.4, 0.5) is 0 Å². The Morgan fingerprint density at radius 2 is 0.726 bits per heavy atom. The molecule has 0 saturated heterocycles. The van der Waals surface area contributed by atoms with E-state index in [4.69, 9.17) is 9.47 Å². The number of nitrogens with zero attached hydrogens (tertiary/aromatic N) is 1. The van der Waals surface area contributed by atoms with Crippen LogP contribution in [0.3, 0.4) is 0 Å². The topological polar surface area (TPSA) is 23.4 Å². The highest BCUT2D eigenvalue weighted by Gasteiger charge is 2.53. The van der Waals surface area contributed by atoms with Gasteiger partial charge in [0.05, 0.1) is 0 Å².